The van der Waals surface area contributed by atoms with E-state index in [9.17, 15) is 19.2 Å². The summed E-state index contributed by atoms with van der Waals surface area (Å²) < 4.78 is 7.16. The van der Waals surface area contributed by atoms with Crippen LogP contribution >= 0.6 is 11.8 Å². The van der Waals surface area contributed by atoms with Gasteiger partial charge in [-0.15, -0.1) is 0 Å². The average Bonchev–Trinajstić information content (AvgIpc) is 3.26. The van der Waals surface area contributed by atoms with Gasteiger partial charge in [-0.3, -0.25) is 18.8 Å². The van der Waals surface area contributed by atoms with Gasteiger partial charge < -0.3 is 10.1 Å². The van der Waals surface area contributed by atoms with Gasteiger partial charge >= 0.3 is 5.97 Å². The molecule has 0 spiro atoms. The number of rotatable bonds is 5. The number of anilines is 1. The van der Waals surface area contributed by atoms with Crippen LogP contribution in [0, 0.1) is 0 Å². The molecule has 0 fully saturated rings. The van der Waals surface area contributed by atoms with Crippen LogP contribution < -0.4 is 5.32 Å². The number of carbonyl (C=O) groups excluding carboxylic acids is 4. The van der Waals surface area contributed by atoms with Gasteiger partial charge in [0.1, 0.15) is 0 Å². The van der Waals surface area contributed by atoms with Crippen LogP contribution in [0.1, 0.15) is 49.3 Å². The van der Waals surface area contributed by atoms with E-state index in [1.54, 1.807) is 59.1 Å². The van der Waals surface area contributed by atoms with Gasteiger partial charge in [-0.2, -0.15) is 0 Å². The number of esters is 1. The molecule has 0 saturated heterocycles. The number of fused-ring (bicyclic) bond motifs is 3. The summed E-state index contributed by atoms with van der Waals surface area (Å²) in [5, 5.41) is 3.26. The molecule has 1 N–H and O–H groups in total. The normalized spacial score (nSPS) is 13.2. The monoisotopic (exact) mass is 485 g/mol. The Labute approximate surface area is 204 Å². The zero-order valence-corrected chi connectivity index (χ0v) is 19.6. The van der Waals surface area contributed by atoms with Crippen molar-refractivity contribution in [1.82, 2.24) is 9.38 Å². The number of pyridine rings is 1. The minimum Gasteiger partial charge on any atom is -0.448 e. The highest BCUT2D eigenvalue weighted by Gasteiger charge is 2.32. The number of imidazole rings is 1. The molecule has 1 unspecified atom stereocenters. The average molecular weight is 486 g/mol. The summed E-state index contributed by atoms with van der Waals surface area (Å²) in [7, 11) is 0. The van der Waals surface area contributed by atoms with Crippen molar-refractivity contribution in [3.05, 3.63) is 94.8 Å². The molecule has 1 amide bonds. The van der Waals surface area contributed by atoms with Crippen molar-refractivity contribution < 1.29 is 23.9 Å². The third-order valence-corrected chi connectivity index (χ3v) is 6.41. The second-order valence-corrected chi connectivity index (χ2v) is 8.65. The highest BCUT2D eigenvalue weighted by atomic mass is 32.2. The minimum absolute atomic E-state index is 0.101. The van der Waals surface area contributed by atoms with E-state index in [0.29, 0.717) is 16.2 Å². The predicted molar refractivity (Wildman–Crippen MR) is 130 cm³/mol. The molecule has 174 valence electrons. The Kier molecular flexibility index (Phi) is 5.70. The van der Waals surface area contributed by atoms with E-state index in [4.69, 9.17) is 4.74 Å². The van der Waals surface area contributed by atoms with Gasteiger partial charge in [0.25, 0.3) is 5.91 Å². The van der Waals surface area contributed by atoms with Crippen LogP contribution in [0.2, 0.25) is 0 Å². The fourth-order valence-corrected chi connectivity index (χ4v) is 4.60. The molecular weight excluding hydrogens is 466 g/mol. The summed E-state index contributed by atoms with van der Waals surface area (Å²) in [6.45, 7) is 1.43. The molecule has 2 heterocycles. The number of hydrogen-bond donors (Lipinski definition) is 1. The first-order valence-corrected chi connectivity index (χ1v) is 12.0. The summed E-state index contributed by atoms with van der Waals surface area (Å²) in [4.78, 5) is 56.1. The van der Waals surface area contributed by atoms with Crippen molar-refractivity contribution in [1.29, 1.82) is 0 Å². The van der Waals surface area contributed by atoms with Gasteiger partial charge in [-0.05, 0) is 31.4 Å². The summed E-state index contributed by atoms with van der Waals surface area (Å²) in [5.74, 6) is -2.03. The number of aromatic nitrogens is 2. The quantitative estimate of drug-likeness (QED) is 0.296. The molecule has 4 aromatic rings. The number of carbonyl (C=O) groups is 4. The molecule has 0 saturated carbocycles. The van der Waals surface area contributed by atoms with Gasteiger partial charge in [-0.1, -0.05) is 54.2 Å². The van der Waals surface area contributed by atoms with Gasteiger partial charge in [0, 0.05) is 22.9 Å². The molecular formula is C26H19N3O5S. The maximum atomic E-state index is 13.1. The van der Waals surface area contributed by atoms with E-state index in [1.165, 1.54) is 24.8 Å². The van der Waals surface area contributed by atoms with Crippen LogP contribution in [0.3, 0.4) is 0 Å². The fourth-order valence-electron chi connectivity index (χ4n) is 4.06. The Morgan fingerprint density at radius 3 is 2.37 bits per heavy atom. The van der Waals surface area contributed by atoms with Crippen LogP contribution in [0.15, 0.2) is 72.0 Å². The molecule has 2 aromatic heterocycles. The summed E-state index contributed by atoms with van der Waals surface area (Å²) in [5.41, 5.74) is 1.78. The molecule has 0 bridgehead atoms. The number of ketones is 2. The minimum atomic E-state index is -1.18. The number of benzene rings is 2. The molecule has 0 radical (unpaired) electrons. The first-order valence-electron chi connectivity index (χ1n) is 10.7. The molecule has 0 aliphatic heterocycles. The van der Waals surface area contributed by atoms with Gasteiger partial charge in [0.05, 0.1) is 16.8 Å². The summed E-state index contributed by atoms with van der Waals surface area (Å²) in [6, 6.07) is 16.6. The Morgan fingerprint density at radius 2 is 1.63 bits per heavy atom. The van der Waals surface area contributed by atoms with Crippen LogP contribution in [-0.2, 0) is 9.53 Å². The molecule has 8 nitrogen and oxygen atoms in total. The number of nitrogens with one attached hydrogen (secondary N) is 1. The number of hydrogen-bond acceptors (Lipinski definition) is 7. The fraction of sp³-hybridized carbons (Fsp3) is 0.115. The Morgan fingerprint density at radius 1 is 0.943 bits per heavy atom. The third-order valence-electron chi connectivity index (χ3n) is 5.76. The Bertz CT molecular complexity index is 1540. The summed E-state index contributed by atoms with van der Waals surface area (Å²) in [6.07, 6.45) is 2.45. The SMILES string of the molecule is CSc1nc(C(=O)OC(C)C(=O)Nc2cccc3c2C(=O)c2ccccc2C3=O)c2ccccn12. The number of ether oxygens (including phenoxy) is 1. The smallest absolute Gasteiger partial charge is 0.360 e. The number of nitrogens with zero attached hydrogens (tertiary/aromatic N) is 2. The van der Waals surface area contributed by atoms with Crippen molar-refractivity contribution >= 4 is 46.4 Å². The zero-order chi connectivity index (χ0) is 24.7. The van der Waals surface area contributed by atoms with Crippen LogP contribution in [0.4, 0.5) is 5.69 Å². The molecule has 1 atom stereocenters. The van der Waals surface area contributed by atoms with Crippen molar-refractivity contribution in [2.24, 2.45) is 0 Å². The van der Waals surface area contributed by atoms with E-state index < -0.39 is 18.0 Å². The zero-order valence-electron chi connectivity index (χ0n) is 18.8. The molecule has 2 aromatic carbocycles. The largest absolute Gasteiger partial charge is 0.448 e. The van der Waals surface area contributed by atoms with Crippen molar-refractivity contribution in [3.63, 3.8) is 0 Å². The Balaban J connectivity index is 1.38. The highest BCUT2D eigenvalue weighted by molar-refractivity contribution is 7.98. The van der Waals surface area contributed by atoms with Gasteiger partial charge in [-0.25, -0.2) is 9.78 Å². The molecule has 1 aliphatic carbocycles. The van der Waals surface area contributed by atoms with E-state index in [0.717, 1.165) is 0 Å². The van der Waals surface area contributed by atoms with Crippen molar-refractivity contribution in [2.75, 3.05) is 11.6 Å². The molecule has 5 rings (SSSR count). The van der Waals surface area contributed by atoms with Crippen LogP contribution in [0.25, 0.3) is 5.52 Å². The van der Waals surface area contributed by atoms with E-state index in [1.807, 2.05) is 12.3 Å². The van der Waals surface area contributed by atoms with Gasteiger partial charge in [0.15, 0.2) is 28.5 Å². The first kappa shape index (κ1) is 22.5. The number of thioether (sulfide) groups is 1. The lowest BCUT2D eigenvalue weighted by Crippen LogP contribution is -2.31. The van der Waals surface area contributed by atoms with E-state index >= 15 is 0 Å². The lowest BCUT2D eigenvalue weighted by molar-refractivity contribution is -0.123. The lowest BCUT2D eigenvalue weighted by Gasteiger charge is -2.21. The topological polar surface area (TPSA) is 107 Å². The predicted octanol–water partition coefficient (Wildman–Crippen LogP) is 4.02. The highest BCUT2D eigenvalue weighted by Crippen LogP contribution is 2.32. The Hall–Kier alpha value is -4.24. The van der Waals surface area contributed by atoms with Crippen molar-refractivity contribution in [3.8, 4) is 0 Å². The maximum Gasteiger partial charge on any atom is 0.360 e. The summed E-state index contributed by atoms with van der Waals surface area (Å²) >= 11 is 1.38. The molecule has 35 heavy (non-hydrogen) atoms. The van der Waals surface area contributed by atoms with Crippen LogP contribution in [0.5, 0.6) is 0 Å². The molecule has 1 aliphatic rings. The lowest BCUT2D eigenvalue weighted by atomic mass is 9.83. The second kappa shape index (κ2) is 8.84. The maximum absolute atomic E-state index is 13.1. The van der Waals surface area contributed by atoms with Crippen molar-refractivity contribution in [2.45, 2.75) is 18.2 Å². The third kappa shape index (κ3) is 3.79. The first-order chi connectivity index (χ1) is 16.9. The standard InChI is InChI=1S/C26H19N3O5S/c1-14(34-25(33)21-19-12-5-6-13-29(19)26(28-21)35-2)24(32)27-18-11-7-10-17-20(18)23(31)16-9-4-3-8-15(16)22(17)30/h3-14H,1-2H3,(H,27,32). The molecule has 9 heteroatoms. The van der Waals surface area contributed by atoms with Crippen LogP contribution in [-0.4, -0.2) is 45.2 Å². The van der Waals surface area contributed by atoms with Gasteiger partial charge in [0.2, 0.25) is 0 Å². The second-order valence-electron chi connectivity index (χ2n) is 7.87. The van der Waals surface area contributed by atoms with E-state index in [2.05, 4.69) is 10.3 Å². The van der Waals surface area contributed by atoms with E-state index in [-0.39, 0.29) is 39.6 Å². The number of amides is 1.